The standard InChI is InChI=1S/C16H26N4/c1-2-3-14-18-15(17)20(19-14)10-16-7-11-4-12(8-16)6-13(5-11)9-16/h11-13H,2-10H2,1H3,(H2,17,18,19). The highest BCUT2D eigenvalue weighted by atomic mass is 15.4. The zero-order valence-electron chi connectivity index (χ0n) is 12.5. The molecule has 4 nitrogen and oxygen atoms in total. The van der Waals surface area contributed by atoms with Gasteiger partial charge < -0.3 is 5.73 Å². The van der Waals surface area contributed by atoms with Crippen molar-refractivity contribution in [3.8, 4) is 0 Å². The van der Waals surface area contributed by atoms with Gasteiger partial charge >= 0.3 is 0 Å². The van der Waals surface area contributed by atoms with E-state index >= 15 is 0 Å². The van der Waals surface area contributed by atoms with Gasteiger partial charge in [0.1, 0.15) is 0 Å². The maximum absolute atomic E-state index is 6.09. The Hall–Kier alpha value is -1.06. The van der Waals surface area contributed by atoms with Crippen molar-refractivity contribution in [3.05, 3.63) is 5.82 Å². The SMILES string of the molecule is CCCc1nc(N)n(CC23CC4CC(CC(C4)C2)C3)n1. The molecule has 110 valence electrons. The molecule has 4 saturated carbocycles. The number of rotatable bonds is 4. The van der Waals surface area contributed by atoms with Crippen molar-refractivity contribution in [2.75, 3.05) is 5.73 Å². The van der Waals surface area contributed by atoms with Gasteiger partial charge in [-0.15, -0.1) is 0 Å². The van der Waals surface area contributed by atoms with Crippen LogP contribution in [-0.4, -0.2) is 14.8 Å². The summed E-state index contributed by atoms with van der Waals surface area (Å²) in [6, 6.07) is 0. The van der Waals surface area contributed by atoms with Crippen LogP contribution in [0.5, 0.6) is 0 Å². The van der Waals surface area contributed by atoms with E-state index in [9.17, 15) is 0 Å². The van der Waals surface area contributed by atoms with Gasteiger partial charge in [0.25, 0.3) is 0 Å². The number of nitrogens with zero attached hydrogens (tertiary/aromatic N) is 3. The van der Waals surface area contributed by atoms with E-state index < -0.39 is 0 Å². The Bertz CT molecular complexity index is 469. The zero-order valence-corrected chi connectivity index (χ0v) is 12.5. The van der Waals surface area contributed by atoms with Crippen molar-refractivity contribution in [1.82, 2.24) is 14.8 Å². The van der Waals surface area contributed by atoms with Crippen LogP contribution in [0.4, 0.5) is 5.95 Å². The molecule has 4 aliphatic rings. The molecule has 5 rings (SSSR count). The van der Waals surface area contributed by atoms with Gasteiger partial charge in [0.05, 0.1) is 6.54 Å². The van der Waals surface area contributed by atoms with Crippen molar-refractivity contribution in [1.29, 1.82) is 0 Å². The molecule has 0 amide bonds. The molecule has 0 saturated heterocycles. The topological polar surface area (TPSA) is 56.7 Å². The van der Waals surface area contributed by atoms with Crippen LogP contribution in [0, 0.1) is 23.2 Å². The van der Waals surface area contributed by atoms with Crippen LogP contribution in [0.3, 0.4) is 0 Å². The van der Waals surface area contributed by atoms with Gasteiger partial charge in [-0.1, -0.05) is 6.92 Å². The van der Waals surface area contributed by atoms with E-state index in [4.69, 9.17) is 5.73 Å². The van der Waals surface area contributed by atoms with Crippen molar-refractivity contribution in [3.63, 3.8) is 0 Å². The second-order valence-electron chi connectivity index (χ2n) is 7.71. The van der Waals surface area contributed by atoms with E-state index in [1.54, 1.807) is 0 Å². The van der Waals surface area contributed by atoms with Crippen LogP contribution in [0.1, 0.15) is 57.7 Å². The summed E-state index contributed by atoms with van der Waals surface area (Å²) in [4.78, 5) is 4.43. The first-order valence-corrected chi connectivity index (χ1v) is 8.35. The van der Waals surface area contributed by atoms with E-state index in [0.717, 1.165) is 43.0 Å². The van der Waals surface area contributed by atoms with Crippen molar-refractivity contribution < 1.29 is 0 Å². The fourth-order valence-corrected chi connectivity index (χ4v) is 5.65. The van der Waals surface area contributed by atoms with Gasteiger partial charge in [0.15, 0.2) is 5.82 Å². The second kappa shape index (κ2) is 4.47. The molecule has 0 unspecified atom stereocenters. The lowest BCUT2D eigenvalue weighted by Gasteiger charge is -2.56. The molecule has 1 heterocycles. The van der Waals surface area contributed by atoms with Crippen LogP contribution in [-0.2, 0) is 13.0 Å². The highest BCUT2D eigenvalue weighted by molar-refractivity contribution is 5.17. The van der Waals surface area contributed by atoms with Crippen LogP contribution >= 0.6 is 0 Å². The van der Waals surface area contributed by atoms with Crippen molar-refractivity contribution >= 4 is 5.95 Å². The summed E-state index contributed by atoms with van der Waals surface area (Å²) in [6.45, 7) is 3.18. The fraction of sp³-hybridized carbons (Fsp3) is 0.875. The lowest BCUT2D eigenvalue weighted by atomic mass is 9.49. The van der Waals surface area contributed by atoms with Gasteiger partial charge in [0.2, 0.25) is 5.95 Å². The van der Waals surface area contributed by atoms with Gasteiger partial charge in [-0.3, -0.25) is 0 Å². The number of aryl methyl sites for hydroxylation is 1. The number of hydrogen-bond acceptors (Lipinski definition) is 3. The minimum atomic E-state index is 0.486. The third-order valence-corrected chi connectivity index (χ3v) is 5.87. The molecule has 20 heavy (non-hydrogen) atoms. The summed E-state index contributed by atoms with van der Waals surface area (Å²) < 4.78 is 2.01. The van der Waals surface area contributed by atoms with E-state index in [2.05, 4.69) is 17.0 Å². The molecule has 1 aromatic heterocycles. The van der Waals surface area contributed by atoms with Crippen molar-refractivity contribution in [2.45, 2.75) is 64.8 Å². The van der Waals surface area contributed by atoms with Gasteiger partial charge in [-0.2, -0.15) is 10.1 Å². The Labute approximate surface area is 121 Å². The first kappa shape index (κ1) is 12.7. The second-order valence-corrected chi connectivity index (χ2v) is 7.71. The minimum absolute atomic E-state index is 0.486. The minimum Gasteiger partial charge on any atom is -0.368 e. The molecular formula is C16H26N4. The normalized spacial score (nSPS) is 38.5. The first-order chi connectivity index (χ1) is 9.66. The molecule has 4 bridgehead atoms. The number of aromatic nitrogens is 3. The predicted molar refractivity (Wildman–Crippen MR) is 79.0 cm³/mol. The summed E-state index contributed by atoms with van der Waals surface area (Å²) in [7, 11) is 0. The molecule has 4 aliphatic carbocycles. The number of nitrogens with two attached hydrogens (primary N) is 1. The van der Waals surface area contributed by atoms with E-state index in [-0.39, 0.29) is 0 Å². The summed E-state index contributed by atoms with van der Waals surface area (Å²) in [5, 5.41) is 4.66. The Balaban J connectivity index is 1.56. The van der Waals surface area contributed by atoms with Crippen LogP contribution in [0.25, 0.3) is 0 Å². The third kappa shape index (κ3) is 2.04. The van der Waals surface area contributed by atoms with Crippen LogP contribution in [0.15, 0.2) is 0 Å². The Kier molecular flexibility index (Phi) is 2.83. The molecule has 4 heteroatoms. The number of nitrogen functional groups attached to an aromatic ring is 1. The largest absolute Gasteiger partial charge is 0.368 e. The van der Waals surface area contributed by atoms with Crippen LogP contribution < -0.4 is 5.73 Å². The molecule has 0 atom stereocenters. The Morgan fingerprint density at radius 3 is 2.30 bits per heavy atom. The summed E-state index contributed by atoms with van der Waals surface area (Å²) in [6.07, 6.45) is 10.7. The maximum Gasteiger partial charge on any atom is 0.218 e. The molecule has 4 fully saturated rings. The highest BCUT2D eigenvalue weighted by Gasteiger charge is 2.51. The third-order valence-electron chi connectivity index (χ3n) is 5.87. The monoisotopic (exact) mass is 274 g/mol. The molecule has 1 aromatic rings. The average molecular weight is 274 g/mol. The van der Waals surface area contributed by atoms with Crippen LogP contribution in [0.2, 0.25) is 0 Å². The smallest absolute Gasteiger partial charge is 0.218 e. The molecule has 2 N–H and O–H groups in total. The highest BCUT2D eigenvalue weighted by Crippen LogP contribution is 2.60. The van der Waals surface area contributed by atoms with E-state index in [1.165, 1.54) is 38.5 Å². The zero-order chi connectivity index (χ0) is 13.7. The quantitative estimate of drug-likeness (QED) is 0.918. The molecule has 0 aliphatic heterocycles. The number of anilines is 1. The lowest BCUT2D eigenvalue weighted by Crippen LogP contribution is -2.48. The van der Waals surface area contributed by atoms with E-state index in [1.807, 2.05) is 4.68 Å². The molecule has 0 radical (unpaired) electrons. The fourth-order valence-electron chi connectivity index (χ4n) is 5.65. The Morgan fingerprint density at radius 1 is 1.15 bits per heavy atom. The molecule has 0 aromatic carbocycles. The van der Waals surface area contributed by atoms with Gasteiger partial charge in [0, 0.05) is 6.42 Å². The van der Waals surface area contributed by atoms with Crippen molar-refractivity contribution in [2.24, 2.45) is 23.2 Å². The van der Waals surface area contributed by atoms with Gasteiger partial charge in [-0.25, -0.2) is 4.68 Å². The lowest BCUT2D eigenvalue weighted by molar-refractivity contribution is -0.0632. The van der Waals surface area contributed by atoms with Gasteiger partial charge in [-0.05, 0) is 68.1 Å². The number of hydrogen-bond donors (Lipinski definition) is 1. The summed E-state index contributed by atoms with van der Waals surface area (Å²) in [5.74, 6) is 4.52. The Morgan fingerprint density at radius 2 is 1.75 bits per heavy atom. The maximum atomic E-state index is 6.09. The average Bonchev–Trinajstić information content (AvgIpc) is 2.67. The summed E-state index contributed by atoms with van der Waals surface area (Å²) in [5.41, 5.74) is 6.58. The first-order valence-electron chi connectivity index (χ1n) is 8.35. The summed E-state index contributed by atoms with van der Waals surface area (Å²) >= 11 is 0. The molecular weight excluding hydrogens is 248 g/mol. The van der Waals surface area contributed by atoms with E-state index in [0.29, 0.717) is 11.4 Å². The molecule has 0 spiro atoms. The predicted octanol–water partition coefficient (Wildman–Crippen LogP) is 3.03.